The number of anilines is 1. The van der Waals surface area contributed by atoms with Crippen LogP contribution in [0, 0.1) is 6.92 Å². The van der Waals surface area contributed by atoms with Gasteiger partial charge in [-0.05, 0) is 36.3 Å². The van der Waals surface area contributed by atoms with Crippen LogP contribution in [0.1, 0.15) is 27.0 Å². The van der Waals surface area contributed by atoms with Crippen LogP contribution in [0.25, 0.3) is 6.08 Å². The van der Waals surface area contributed by atoms with E-state index in [1.54, 1.807) is 30.3 Å². The average Bonchev–Trinajstić information content (AvgIpc) is 2.82. The second-order valence-electron chi connectivity index (χ2n) is 7.11. The highest BCUT2D eigenvalue weighted by molar-refractivity contribution is 6.04. The van der Waals surface area contributed by atoms with Crippen LogP contribution in [-0.2, 0) is 20.9 Å². The number of nitrogens with one attached hydrogen (secondary N) is 2. The first-order valence-corrected chi connectivity index (χ1v) is 10.1. The van der Waals surface area contributed by atoms with Gasteiger partial charge in [-0.1, -0.05) is 72.3 Å². The monoisotopic (exact) mass is 428 g/mol. The maximum Gasteiger partial charge on any atom is 0.331 e. The van der Waals surface area contributed by atoms with Crippen molar-refractivity contribution in [1.29, 1.82) is 0 Å². The minimum Gasteiger partial charge on any atom is -0.452 e. The first-order valence-electron chi connectivity index (χ1n) is 10.1. The molecule has 3 aromatic carbocycles. The van der Waals surface area contributed by atoms with Crippen molar-refractivity contribution in [3.05, 3.63) is 107 Å². The molecule has 0 aliphatic heterocycles. The van der Waals surface area contributed by atoms with Crippen LogP contribution in [0.3, 0.4) is 0 Å². The van der Waals surface area contributed by atoms with Crippen molar-refractivity contribution in [3.8, 4) is 0 Å². The van der Waals surface area contributed by atoms with E-state index < -0.39 is 18.5 Å². The summed E-state index contributed by atoms with van der Waals surface area (Å²) < 4.78 is 4.97. The van der Waals surface area contributed by atoms with Gasteiger partial charge >= 0.3 is 5.97 Å². The van der Waals surface area contributed by atoms with E-state index in [1.807, 2.05) is 61.5 Å². The van der Waals surface area contributed by atoms with Crippen molar-refractivity contribution in [2.75, 3.05) is 11.9 Å². The standard InChI is InChI=1S/C26H24N2O4/c1-19-11-13-21(14-12-19)17-27-26(31)22-9-5-6-10-23(22)28-24(29)18-32-25(30)16-15-20-7-3-2-4-8-20/h2-16H,17-18H2,1H3,(H,27,31)(H,28,29)/b16-15+. The van der Waals surface area contributed by atoms with E-state index in [0.717, 1.165) is 16.7 Å². The molecule has 6 nitrogen and oxygen atoms in total. The molecule has 0 fully saturated rings. The topological polar surface area (TPSA) is 84.5 Å². The molecule has 0 atom stereocenters. The summed E-state index contributed by atoms with van der Waals surface area (Å²) in [5.41, 5.74) is 3.63. The Labute approximate surface area is 186 Å². The van der Waals surface area contributed by atoms with Gasteiger partial charge in [-0.25, -0.2) is 4.79 Å². The van der Waals surface area contributed by atoms with E-state index in [2.05, 4.69) is 10.6 Å². The van der Waals surface area contributed by atoms with Gasteiger partial charge in [-0.3, -0.25) is 9.59 Å². The third-order valence-corrected chi connectivity index (χ3v) is 4.58. The van der Waals surface area contributed by atoms with Gasteiger partial charge in [0.2, 0.25) is 0 Å². The third-order valence-electron chi connectivity index (χ3n) is 4.58. The lowest BCUT2D eigenvalue weighted by Crippen LogP contribution is -2.26. The SMILES string of the molecule is Cc1ccc(CNC(=O)c2ccccc2NC(=O)COC(=O)/C=C/c2ccccc2)cc1. The quantitative estimate of drug-likeness (QED) is 0.418. The van der Waals surface area contributed by atoms with E-state index in [4.69, 9.17) is 4.74 Å². The molecule has 0 unspecified atom stereocenters. The van der Waals surface area contributed by atoms with Gasteiger partial charge in [0.1, 0.15) is 0 Å². The van der Waals surface area contributed by atoms with Crippen molar-refractivity contribution >= 4 is 29.5 Å². The van der Waals surface area contributed by atoms with Gasteiger partial charge in [0.05, 0.1) is 11.3 Å². The maximum absolute atomic E-state index is 12.6. The number of para-hydroxylation sites is 1. The van der Waals surface area contributed by atoms with Gasteiger partial charge < -0.3 is 15.4 Å². The molecular weight excluding hydrogens is 404 g/mol. The molecule has 0 saturated heterocycles. The molecule has 2 amide bonds. The molecule has 32 heavy (non-hydrogen) atoms. The molecule has 162 valence electrons. The van der Waals surface area contributed by atoms with Crippen LogP contribution in [0.4, 0.5) is 5.69 Å². The number of carbonyl (C=O) groups is 3. The van der Waals surface area contributed by atoms with Gasteiger partial charge in [-0.2, -0.15) is 0 Å². The summed E-state index contributed by atoms with van der Waals surface area (Å²) in [6, 6.07) is 23.8. The fourth-order valence-corrected chi connectivity index (χ4v) is 2.87. The number of esters is 1. The summed E-state index contributed by atoms with van der Waals surface area (Å²) >= 11 is 0. The highest BCUT2D eigenvalue weighted by Crippen LogP contribution is 2.15. The molecule has 3 rings (SSSR count). The van der Waals surface area contributed by atoms with Gasteiger partial charge in [0.15, 0.2) is 6.61 Å². The molecule has 0 heterocycles. The Morgan fingerprint density at radius 1 is 0.875 bits per heavy atom. The van der Waals surface area contributed by atoms with Crippen molar-refractivity contribution in [3.63, 3.8) is 0 Å². The Bertz CT molecular complexity index is 1110. The van der Waals surface area contributed by atoms with Crippen LogP contribution in [0.15, 0.2) is 84.9 Å². The Balaban J connectivity index is 1.52. The predicted octanol–water partition coefficient (Wildman–Crippen LogP) is 4.12. The van der Waals surface area contributed by atoms with Gasteiger partial charge in [-0.15, -0.1) is 0 Å². The number of amides is 2. The fraction of sp³-hybridized carbons (Fsp3) is 0.115. The second-order valence-corrected chi connectivity index (χ2v) is 7.11. The molecule has 0 aliphatic rings. The molecular formula is C26H24N2O4. The molecule has 0 aromatic heterocycles. The number of hydrogen-bond donors (Lipinski definition) is 2. The smallest absolute Gasteiger partial charge is 0.331 e. The summed E-state index contributed by atoms with van der Waals surface area (Å²) in [6.45, 7) is 1.90. The minimum atomic E-state index is -0.631. The number of carbonyl (C=O) groups excluding carboxylic acids is 3. The summed E-state index contributed by atoms with van der Waals surface area (Å²) in [5, 5.41) is 5.47. The molecule has 0 saturated carbocycles. The number of aryl methyl sites for hydroxylation is 1. The number of benzene rings is 3. The fourth-order valence-electron chi connectivity index (χ4n) is 2.87. The van der Waals surface area contributed by atoms with E-state index >= 15 is 0 Å². The highest BCUT2D eigenvalue weighted by atomic mass is 16.5. The lowest BCUT2D eigenvalue weighted by atomic mass is 10.1. The van der Waals surface area contributed by atoms with E-state index in [9.17, 15) is 14.4 Å². The molecule has 2 N–H and O–H groups in total. The molecule has 0 radical (unpaired) electrons. The minimum absolute atomic E-state index is 0.315. The Kier molecular flexibility index (Phi) is 7.92. The lowest BCUT2D eigenvalue weighted by Gasteiger charge is -2.11. The molecule has 0 spiro atoms. The highest BCUT2D eigenvalue weighted by Gasteiger charge is 2.14. The van der Waals surface area contributed by atoms with E-state index in [0.29, 0.717) is 17.8 Å². The Morgan fingerprint density at radius 2 is 1.56 bits per heavy atom. The van der Waals surface area contributed by atoms with Crippen molar-refractivity contribution in [2.24, 2.45) is 0 Å². The predicted molar refractivity (Wildman–Crippen MR) is 124 cm³/mol. The lowest BCUT2D eigenvalue weighted by molar-refractivity contribution is -0.142. The molecule has 3 aromatic rings. The van der Waals surface area contributed by atoms with Crippen molar-refractivity contribution in [2.45, 2.75) is 13.5 Å². The number of hydrogen-bond acceptors (Lipinski definition) is 4. The normalized spacial score (nSPS) is 10.5. The first-order chi connectivity index (χ1) is 15.5. The molecule has 6 heteroatoms. The Hall–Kier alpha value is -4.19. The zero-order valence-electron chi connectivity index (χ0n) is 17.7. The average molecular weight is 428 g/mol. The van der Waals surface area contributed by atoms with Crippen LogP contribution >= 0.6 is 0 Å². The summed E-state index contributed by atoms with van der Waals surface area (Å²) in [7, 11) is 0. The van der Waals surface area contributed by atoms with Crippen LogP contribution in [0.5, 0.6) is 0 Å². The molecule has 0 bridgehead atoms. The second kappa shape index (κ2) is 11.3. The van der Waals surface area contributed by atoms with Crippen LogP contribution in [0.2, 0.25) is 0 Å². The summed E-state index contributed by atoms with van der Waals surface area (Å²) in [4.78, 5) is 36.7. The van der Waals surface area contributed by atoms with Crippen LogP contribution in [-0.4, -0.2) is 24.4 Å². The molecule has 0 aliphatic carbocycles. The zero-order valence-corrected chi connectivity index (χ0v) is 17.7. The zero-order chi connectivity index (χ0) is 22.8. The van der Waals surface area contributed by atoms with Crippen LogP contribution < -0.4 is 10.6 Å². The van der Waals surface area contributed by atoms with Gasteiger partial charge in [0.25, 0.3) is 11.8 Å². The van der Waals surface area contributed by atoms with Crippen molar-refractivity contribution < 1.29 is 19.1 Å². The number of rotatable bonds is 8. The summed E-state index contributed by atoms with van der Waals surface area (Å²) in [5.74, 6) is -1.48. The van der Waals surface area contributed by atoms with Crippen molar-refractivity contribution in [1.82, 2.24) is 5.32 Å². The number of ether oxygens (including phenoxy) is 1. The van der Waals surface area contributed by atoms with Gasteiger partial charge in [0, 0.05) is 12.6 Å². The van der Waals surface area contributed by atoms with E-state index in [1.165, 1.54) is 6.08 Å². The summed E-state index contributed by atoms with van der Waals surface area (Å²) in [6.07, 6.45) is 2.86. The largest absolute Gasteiger partial charge is 0.452 e. The van der Waals surface area contributed by atoms with E-state index in [-0.39, 0.29) is 5.91 Å². The maximum atomic E-state index is 12.6. The Morgan fingerprint density at radius 3 is 2.31 bits per heavy atom. The first kappa shape index (κ1) is 22.5. The third kappa shape index (κ3) is 6.95.